The second-order valence-corrected chi connectivity index (χ2v) is 6.99. The number of likely N-dealkylation sites (N-methyl/N-ethyl adjacent to an activating group) is 1. The average molecular weight is 473 g/mol. The zero-order chi connectivity index (χ0) is 21.5. The average Bonchev–Trinajstić information content (AvgIpc) is 3.36. The highest BCUT2D eigenvalue weighted by atomic mass is 79.9. The SMILES string of the molecule is CCNCCc1ccccn1.Nc1cc(C(=O)O)cc2nc(-c3ccc(Br)o3)nn12. The van der Waals surface area contributed by atoms with Crippen molar-refractivity contribution in [1.82, 2.24) is 24.9 Å². The lowest BCUT2D eigenvalue weighted by atomic mass is 10.2. The first kappa shape index (κ1) is 21.5. The first-order valence-corrected chi connectivity index (χ1v) is 10.0. The van der Waals surface area contributed by atoms with Crippen molar-refractivity contribution in [3.8, 4) is 11.6 Å². The number of aromatic carboxylic acids is 1. The van der Waals surface area contributed by atoms with E-state index in [9.17, 15) is 4.79 Å². The molecule has 0 spiro atoms. The normalized spacial score (nSPS) is 10.6. The largest absolute Gasteiger partial charge is 0.478 e. The van der Waals surface area contributed by atoms with Crippen LogP contribution in [0.1, 0.15) is 23.0 Å². The maximum Gasteiger partial charge on any atom is 0.335 e. The molecule has 4 rings (SSSR count). The minimum atomic E-state index is -1.07. The number of aromatic nitrogens is 4. The van der Waals surface area contributed by atoms with Crippen molar-refractivity contribution in [3.05, 3.63) is 64.6 Å². The van der Waals surface area contributed by atoms with Gasteiger partial charge in [-0.05, 0) is 58.9 Å². The highest BCUT2D eigenvalue weighted by Crippen LogP contribution is 2.23. The number of furan rings is 1. The van der Waals surface area contributed by atoms with Crippen LogP contribution in [0.15, 0.2) is 57.7 Å². The maximum atomic E-state index is 10.9. The quantitative estimate of drug-likeness (QED) is 0.364. The molecule has 30 heavy (non-hydrogen) atoms. The van der Waals surface area contributed by atoms with E-state index >= 15 is 0 Å². The molecule has 10 heteroatoms. The minimum Gasteiger partial charge on any atom is -0.478 e. The van der Waals surface area contributed by atoms with Crippen molar-refractivity contribution in [3.63, 3.8) is 0 Å². The molecule has 0 aliphatic heterocycles. The van der Waals surface area contributed by atoms with E-state index in [0.717, 1.165) is 25.2 Å². The molecule has 4 aromatic rings. The lowest BCUT2D eigenvalue weighted by molar-refractivity contribution is 0.0697. The number of rotatable bonds is 6. The Morgan fingerprint density at radius 3 is 2.77 bits per heavy atom. The summed E-state index contributed by atoms with van der Waals surface area (Å²) in [5.41, 5.74) is 7.32. The van der Waals surface area contributed by atoms with E-state index in [-0.39, 0.29) is 11.4 Å². The molecule has 0 fully saturated rings. The summed E-state index contributed by atoms with van der Waals surface area (Å²) in [5.74, 6) is -0.0782. The Kier molecular flexibility index (Phi) is 7.15. The Morgan fingerprint density at radius 1 is 1.30 bits per heavy atom. The van der Waals surface area contributed by atoms with Crippen LogP contribution in [-0.4, -0.2) is 43.7 Å². The van der Waals surface area contributed by atoms with Crippen molar-refractivity contribution < 1.29 is 14.3 Å². The van der Waals surface area contributed by atoms with Crippen molar-refractivity contribution in [1.29, 1.82) is 0 Å². The smallest absolute Gasteiger partial charge is 0.335 e. The van der Waals surface area contributed by atoms with Crippen LogP contribution in [0.3, 0.4) is 0 Å². The fourth-order valence-corrected chi connectivity index (χ4v) is 2.92. The number of nitrogens with one attached hydrogen (secondary N) is 1. The van der Waals surface area contributed by atoms with Gasteiger partial charge in [0.05, 0.1) is 5.56 Å². The number of carboxylic acids is 1. The summed E-state index contributed by atoms with van der Waals surface area (Å²) in [5, 5.41) is 16.4. The van der Waals surface area contributed by atoms with E-state index in [2.05, 4.69) is 49.3 Å². The highest BCUT2D eigenvalue weighted by molar-refractivity contribution is 9.10. The summed E-state index contributed by atoms with van der Waals surface area (Å²) in [6.07, 6.45) is 2.86. The molecule has 156 valence electrons. The van der Waals surface area contributed by atoms with Crippen molar-refractivity contribution in [2.24, 2.45) is 0 Å². The number of anilines is 1. The standard InChI is InChI=1S/C11H7BrN4O3.C9H14N2/c12-7-2-1-6(19-7)10-14-9-4-5(11(17)18)3-8(13)16(9)15-10;1-2-10-8-6-9-5-3-4-7-11-9/h1-4H,13H2,(H,17,18);3-5,7,10H,2,6,8H2,1H3. The number of halogens is 1. The third-order valence-electron chi connectivity index (χ3n) is 4.04. The number of nitrogens with two attached hydrogens (primary N) is 1. The lowest BCUT2D eigenvalue weighted by Crippen LogP contribution is -2.16. The van der Waals surface area contributed by atoms with Gasteiger partial charge in [-0.2, -0.15) is 4.52 Å². The number of pyridine rings is 2. The molecule has 0 atom stereocenters. The summed E-state index contributed by atoms with van der Waals surface area (Å²) >= 11 is 3.19. The fraction of sp³-hybridized carbons (Fsp3) is 0.200. The maximum absolute atomic E-state index is 10.9. The number of hydrogen-bond donors (Lipinski definition) is 3. The molecule has 0 aliphatic carbocycles. The van der Waals surface area contributed by atoms with E-state index < -0.39 is 5.97 Å². The molecule has 0 aliphatic rings. The summed E-state index contributed by atoms with van der Waals surface area (Å²) in [6, 6.07) is 12.2. The second-order valence-electron chi connectivity index (χ2n) is 6.21. The highest BCUT2D eigenvalue weighted by Gasteiger charge is 2.14. The molecular weight excluding hydrogens is 452 g/mol. The monoisotopic (exact) mass is 472 g/mol. The molecule has 9 nitrogen and oxygen atoms in total. The number of carbonyl (C=O) groups is 1. The summed E-state index contributed by atoms with van der Waals surface area (Å²) in [6.45, 7) is 4.17. The molecule has 0 saturated carbocycles. The predicted molar refractivity (Wildman–Crippen MR) is 116 cm³/mol. The molecule has 0 amide bonds. The van der Waals surface area contributed by atoms with Gasteiger partial charge in [0, 0.05) is 24.9 Å². The molecule has 0 bridgehead atoms. The topological polar surface area (TPSA) is 132 Å². The van der Waals surface area contributed by atoms with Gasteiger partial charge in [-0.3, -0.25) is 4.98 Å². The van der Waals surface area contributed by atoms with E-state index in [1.807, 2.05) is 18.3 Å². The summed E-state index contributed by atoms with van der Waals surface area (Å²) < 4.78 is 7.25. The molecule has 0 unspecified atom stereocenters. The molecule has 0 saturated heterocycles. The number of nitrogens with zero attached hydrogens (tertiary/aromatic N) is 4. The fourth-order valence-electron chi connectivity index (χ4n) is 2.61. The van der Waals surface area contributed by atoms with Gasteiger partial charge >= 0.3 is 5.97 Å². The van der Waals surface area contributed by atoms with E-state index in [4.69, 9.17) is 15.3 Å². The van der Waals surface area contributed by atoms with Crippen LogP contribution < -0.4 is 11.1 Å². The zero-order valence-corrected chi connectivity index (χ0v) is 17.8. The zero-order valence-electron chi connectivity index (χ0n) is 16.2. The van der Waals surface area contributed by atoms with Crippen LogP contribution in [0, 0.1) is 0 Å². The number of nitrogen functional groups attached to an aromatic ring is 1. The molecular formula is C20H21BrN6O3. The first-order chi connectivity index (χ1) is 14.5. The van der Waals surface area contributed by atoms with Crippen LogP contribution in [0.25, 0.3) is 17.2 Å². The van der Waals surface area contributed by atoms with Crippen LogP contribution in [0.5, 0.6) is 0 Å². The van der Waals surface area contributed by atoms with Gasteiger partial charge in [0.25, 0.3) is 0 Å². The minimum absolute atomic E-state index is 0.0598. The third-order valence-corrected chi connectivity index (χ3v) is 4.47. The van der Waals surface area contributed by atoms with E-state index in [0.29, 0.717) is 21.9 Å². The van der Waals surface area contributed by atoms with Gasteiger partial charge in [-0.1, -0.05) is 13.0 Å². The van der Waals surface area contributed by atoms with Crippen molar-refractivity contribution in [2.45, 2.75) is 13.3 Å². The predicted octanol–water partition coefficient (Wildman–Crippen LogP) is 3.27. The van der Waals surface area contributed by atoms with Crippen LogP contribution in [-0.2, 0) is 6.42 Å². The molecule has 4 N–H and O–H groups in total. The Bertz CT molecular complexity index is 1130. The van der Waals surface area contributed by atoms with E-state index in [1.54, 1.807) is 12.1 Å². The summed E-state index contributed by atoms with van der Waals surface area (Å²) in [4.78, 5) is 19.3. The number of fused-ring (bicyclic) bond motifs is 1. The van der Waals surface area contributed by atoms with Gasteiger partial charge in [0.1, 0.15) is 5.82 Å². The van der Waals surface area contributed by atoms with Gasteiger partial charge in [0.15, 0.2) is 16.1 Å². The number of carboxylic acid groups (broad SMARTS) is 1. The first-order valence-electron chi connectivity index (χ1n) is 9.24. The second kappa shape index (κ2) is 9.99. The molecule has 0 aromatic carbocycles. The molecule has 4 aromatic heterocycles. The van der Waals surface area contributed by atoms with Crippen molar-refractivity contribution >= 4 is 33.4 Å². The Morgan fingerprint density at radius 2 is 2.13 bits per heavy atom. The van der Waals surface area contributed by atoms with Crippen LogP contribution in [0.4, 0.5) is 5.82 Å². The van der Waals surface area contributed by atoms with Gasteiger partial charge in [-0.25, -0.2) is 9.78 Å². The van der Waals surface area contributed by atoms with Crippen molar-refractivity contribution in [2.75, 3.05) is 18.8 Å². The Labute approximate surface area is 181 Å². The van der Waals surface area contributed by atoms with Gasteiger partial charge in [-0.15, -0.1) is 5.10 Å². The molecule has 0 radical (unpaired) electrons. The Hall–Kier alpha value is -3.24. The van der Waals surface area contributed by atoms with Gasteiger partial charge < -0.3 is 20.6 Å². The van der Waals surface area contributed by atoms with Crippen LogP contribution in [0.2, 0.25) is 0 Å². The molecule has 4 heterocycles. The third kappa shape index (κ3) is 5.43. The Balaban J connectivity index is 0.000000199. The van der Waals surface area contributed by atoms with E-state index in [1.165, 1.54) is 16.6 Å². The number of hydrogen-bond acceptors (Lipinski definition) is 7. The van der Waals surface area contributed by atoms with Gasteiger partial charge in [0.2, 0.25) is 5.82 Å². The lowest BCUT2D eigenvalue weighted by Gasteiger charge is -1.99. The van der Waals surface area contributed by atoms with Crippen LogP contribution >= 0.6 is 15.9 Å². The summed E-state index contributed by atoms with van der Waals surface area (Å²) in [7, 11) is 0.